The maximum Gasteiger partial charge on any atom is 0.243 e. The van der Waals surface area contributed by atoms with E-state index in [1.807, 2.05) is 25.3 Å². The van der Waals surface area contributed by atoms with Gasteiger partial charge >= 0.3 is 0 Å². The van der Waals surface area contributed by atoms with E-state index < -0.39 is 10.0 Å². The van der Waals surface area contributed by atoms with Gasteiger partial charge in [-0.1, -0.05) is 6.07 Å². The molecule has 0 aliphatic heterocycles. The Kier molecular flexibility index (Phi) is 6.54. The number of amides is 1. The standard InChI is InChI=1S/C20H27N3O3S2/c1-15(2)22(3)28(25,26)19-10-6-16(7-11-19)21-20(24)14-23(17-8-9-17)13-18-5-4-12-27-18/h4-7,10-12,15,17H,8-9,13-14H2,1-3H3,(H,21,24). The smallest absolute Gasteiger partial charge is 0.243 e. The summed E-state index contributed by atoms with van der Waals surface area (Å²) >= 11 is 1.70. The van der Waals surface area contributed by atoms with Gasteiger partial charge < -0.3 is 5.32 Å². The number of hydrogen-bond donors (Lipinski definition) is 1. The predicted octanol–water partition coefficient (Wildman–Crippen LogP) is 3.38. The van der Waals surface area contributed by atoms with Crippen LogP contribution in [-0.2, 0) is 21.4 Å². The van der Waals surface area contributed by atoms with E-state index in [1.165, 1.54) is 21.3 Å². The number of hydrogen-bond acceptors (Lipinski definition) is 5. The summed E-state index contributed by atoms with van der Waals surface area (Å²) in [6.07, 6.45) is 2.27. The molecule has 0 atom stereocenters. The lowest BCUT2D eigenvalue weighted by molar-refractivity contribution is -0.117. The first-order valence-electron chi connectivity index (χ1n) is 9.42. The fourth-order valence-corrected chi connectivity index (χ4v) is 4.99. The Morgan fingerprint density at radius 1 is 1.21 bits per heavy atom. The van der Waals surface area contributed by atoms with Gasteiger partial charge in [0.15, 0.2) is 0 Å². The molecule has 1 heterocycles. The van der Waals surface area contributed by atoms with Gasteiger partial charge in [-0.05, 0) is 62.4 Å². The number of carbonyl (C=O) groups excluding carboxylic acids is 1. The van der Waals surface area contributed by atoms with Crippen molar-refractivity contribution >= 4 is 33.0 Å². The minimum absolute atomic E-state index is 0.0849. The van der Waals surface area contributed by atoms with E-state index in [1.54, 1.807) is 30.5 Å². The summed E-state index contributed by atoms with van der Waals surface area (Å²) in [5.74, 6) is -0.0849. The van der Waals surface area contributed by atoms with E-state index in [-0.39, 0.29) is 16.8 Å². The van der Waals surface area contributed by atoms with Gasteiger partial charge in [-0.3, -0.25) is 9.69 Å². The maximum absolute atomic E-state index is 12.5. The molecule has 0 bridgehead atoms. The first-order chi connectivity index (χ1) is 13.3. The Balaban J connectivity index is 1.61. The lowest BCUT2D eigenvalue weighted by Gasteiger charge is -2.21. The maximum atomic E-state index is 12.5. The number of thiophene rings is 1. The van der Waals surface area contributed by atoms with Crippen LogP contribution in [-0.4, -0.2) is 49.2 Å². The molecule has 0 saturated heterocycles. The van der Waals surface area contributed by atoms with Gasteiger partial charge in [-0.25, -0.2) is 8.42 Å². The van der Waals surface area contributed by atoms with Crippen molar-refractivity contribution in [2.75, 3.05) is 18.9 Å². The summed E-state index contributed by atoms with van der Waals surface area (Å²) in [5, 5.41) is 4.93. The average molecular weight is 422 g/mol. The van der Waals surface area contributed by atoms with Crippen molar-refractivity contribution < 1.29 is 13.2 Å². The number of sulfonamides is 1. The molecule has 1 aromatic heterocycles. The zero-order chi connectivity index (χ0) is 20.3. The molecule has 152 valence electrons. The van der Waals surface area contributed by atoms with E-state index in [0.29, 0.717) is 18.3 Å². The molecule has 8 heteroatoms. The largest absolute Gasteiger partial charge is 0.325 e. The van der Waals surface area contributed by atoms with Crippen LogP contribution in [0.4, 0.5) is 5.69 Å². The molecular formula is C20H27N3O3S2. The van der Waals surface area contributed by atoms with Crippen molar-refractivity contribution in [2.24, 2.45) is 0 Å². The first kappa shape index (κ1) is 21.0. The van der Waals surface area contributed by atoms with Crippen LogP contribution in [0.5, 0.6) is 0 Å². The Labute approximate surface area is 171 Å². The highest BCUT2D eigenvalue weighted by molar-refractivity contribution is 7.89. The Bertz CT molecular complexity index is 889. The van der Waals surface area contributed by atoms with E-state index >= 15 is 0 Å². The van der Waals surface area contributed by atoms with Crippen LogP contribution in [0.15, 0.2) is 46.7 Å². The molecule has 1 fully saturated rings. The second-order valence-corrected chi connectivity index (χ2v) is 10.4. The predicted molar refractivity (Wildman–Crippen MR) is 113 cm³/mol. The summed E-state index contributed by atoms with van der Waals surface area (Å²) in [6.45, 7) is 4.77. The minimum atomic E-state index is -3.52. The van der Waals surface area contributed by atoms with Crippen LogP contribution in [0.25, 0.3) is 0 Å². The zero-order valence-corrected chi connectivity index (χ0v) is 18.1. The molecule has 2 aromatic rings. The number of carbonyl (C=O) groups is 1. The van der Waals surface area contributed by atoms with Crippen molar-refractivity contribution in [2.45, 2.75) is 50.2 Å². The van der Waals surface area contributed by atoms with Crippen molar-refractivity contribution in [1.82, 2.24) is 9.21 Å². The average Bonchev–Trinajstić information content (AvgIpc) is 3.38. The normalized spacial score (nSPS) is 14.8. The summed E-state index contributed by atoms with van der Waals surface area (Å²) in [4.78, 5) is 16.2. The number of rotatable bonds is 9. The minimum Gasteiger partial charge on any atom is -0.325 e. The molecule has 1 aliphatic rings. The highest BCUT2D eigenvalue weighted by atomic mass is 32.2. The van der Waals surface area contributed by atoms with Gasteiger partial charge in [0.25, 0.3) is 0 Å². The quantitative estimate of drug-likeness (QED) is 0.674. The van der Waals surface area contributed by atoms with Gasteiger partial charge in [-0.2, -0.15) is 4.31 Å². The van der Waals surface area contributed by atoms with Crippen LogP contribution >= 0.6 is 11.3 Å². The van der Waals surface area contributed by atoms with Crippen molar-refractivity contribution in [3.05, 3.63) is 46.7 Å². The van der Waals surface area contributed by atoms with Gasteiger partial charge in [0, 0.05) is 36.2 Å². The zero-order valence-electron chi connectivity index (χ0n) is 16.5. The lowest BCUT2D eigenvalue weighted by atomic mass is 10.3. The molecule has 1 N–H and O–H groups in total. The molecule has 0 radical (unpaired) electrons. The second kappa shape index (κ2) is 8.73. The molecular weight excluding hydrogens is 394 g/mol. The second-order valence-electron chi connectivity index (χ2n) is 7.40. The molecule has 0 spiro atoms. The fourth-order valence-electron chi connectivity index (χ4n) is 2.90. The van der Waals surface area contributed by atoms with Crippen molar-refractivity contribution in [1.29, 1.82) is 0 Å². The third kappa shape index (κ3) is 5.20. The fraction of sp³-hybridized carbons (Fsp3) is 0.450. The Hall–Kier alpha value is -1.74. The van der Waals surface area contributed by atoms with Crippen LogP contribution in [0.3, 0.4) is 0 Å². The van der Waals surface area contributed by atoms with E-state index in [0.717, 1.165) is 19.4 Å². The van der Waals surface area contributed by atoms with Gasteiger partial charge in [0.05, 0.1) is 11.4 Å². The van der Waals surface area contributed by atoms with Crippen LogP contribution in [0, 0.1) is 0 Å². The highest BCUT2D eigenvalue weighted by Crippen LogP contribution is 2.29. The van der Waals surface area contributed by atoms with Crippen LogP contribution in [0.2, 0.25) is 0 Å². The molecule has 3 rings (SSSR count). The molecule has 1 aromatic carbocycles. The van der Waals surface area contributed by atoms with Crippen molar-refractivity contribution in [3.8, 4) is 0 Å². The van der Waals surface area contributed by atoms with Gasteiger partial charge in [0.2, 0.25) is 15.9 Å². The van der Waals surface area contributed by atoms with E-state index in [4.69, 9.17) is 0 Å². The number of nitrogens with zero attached hydrogens (tertiary/aromatic N) is 2. The lowest BCUT2D eigenvalue weighted by Crippen LogP contribution is -2.34. The van der Waals surface area contributed by atoms with Crippen molar-refractivity contribution in [3.63, 3.8) is 0 Å². The monoisotopic (exact) mass is 421 g/mol. The van der Waals surface area contributed by atoms with Gasteiger partial charge in [0.1, 0.15) is 0 Å². The number of anilines is 1. The number of benzene rings is 1. The summed E-state index contributed by atoms with van der Waals surface area (Å²) in [5.41, 5.74) is 0.600. The Morgan fingerprint density at radius 3 is 2.43 bits per heavy atom. The van der Waals surface area contributed by atoms with E-state index in [2.05, 4.69) is 16.3 Å². The van der Waals surface area contributed by atoms with E-state index in [9.17, 15) is 13.2 Å². The molecule has 1 amide bonds. The van der Waals surface area contributed by atoms with Gasteiger partial charge in [-0.15, -0.1) is 11.3 Å². The third-order valence-electron chi connectivity index (χ3n) is 4.89. The SMILES string of the molecule is CC(C)N(C)S(=O)(=O)c1ccc(NC(=O)CN(Cc2cccs2)C2CC2)cc1. The summed E-state index contributed by atoms with van der Waals surface area (Å²) in [6, 6.07) is 10.8. The van der Waals surface area contributed by atoms with Crippen LogP contribution < -0.4 is 5.32 Å². The highest BCUT2D eigenvalue weighted by Gasteiger charge is 2.30. The molecule has 6 nitrogen and oxygen atoms in total. The molecule has 0 unspecified atom stereocenters. The topological polar surface area (TPSA) is 69.7 Å². The first-order valence-corrected chi connectivity index (χ1v) is 11.7. The molecule has 1 saturated carbocycles. The summed E-state index contributed by atoms with van der Waals surface area (Å²) in [7, 11) is -1.96. The molecule has 1 aliphatic carbocycles. The molecule has 28 heavy (non-hydrogen) atoms. The Morgan fingerprint density at radius 2 is 1.89 bits per heavy atom. The summed E-state index contributed by atoms with van der Waals surface area (Å²) < 4.78 is 26.4. The third-order valence-corrected chi connectivity index (χ3v) is 7.80. The number of nitrogens with one attached hydrogen (secondary N) is 1. The van der Waals surface area contributed by atoms with Crippen LogP contribution in [0.1, 0.15) is 31.6 Å².